The molecule has 1 heterocycles. The van der Waals surface area contributed by atoms with E-state index in [0.717, 1.165) is 19.5 Å². The van der Waals surface area contributed by atoms with Gasteiger partial charge in [0.05, 0.1) is 6.61 Å². The highest BCUT2D eigenvalue weighted by molar-refractivity contribution is 6.35. The van der Waals surface area contributed by atoms with Crippen molar-refractivity contribution in [3.8, 4) is 0 Å². The number of methoxy groups -OCH3 is 1. The summed E-state index contributed by atoms with van der Waals surface area (Å²) in [5, 5.41) is 3.20. The summed E-state index contributed by atoms with van der Waals surface area (Å²) in [6, 6.07) is 0. The third-order valence-electron chi connectivity index (χ3n) is 2.79. The summed E-state index contributed by atoms with van der Waals surface area (Å²) in [4.78, 5) is 26.1. The first-order chi connectivity index (χ1) is 8.16. The van der Waals surface area contributed by atoms with Crippen LogP contribution in [0.5, 0.6) is 0 Å². The minimum atomic E-state index is -0.399. The van der Waals surface area contributed by atoms with Gasteiger partial charge in [0.25, 0.3) is 0 Å². The van der Waals surface area contributed by atoms with Gasteiger partial charge in [-0.25, -0.2) is 0 Å². The van der Waals surface area contributed by atoms with E-state index in [4.69, 9.17) is 4.74 Å². The Kier molecular flexibility index (Phi) is 5.93. The van der Waals surface area contributed by atoms with E-state index in [1.165, 1.54) is 4.90 Å². The summed E-state index contributed by atoms with van der Waals surface area (Å²) in [5.74, 6) is -0.778. The molecule has 1 aliphatic heterocycles. The summed E-state index contributed by atoms with van der Waals surface area (Å²) in [6.45, 7) is 4.23. The van der Waals surface area contributed by atoms with Crippen LogP contribution in [0.4, 0.5) is 0 Å². The molecule has 0 spiro atoms. The molecule has 0 aromatic rings. The summed E-state index contributed by atoms with van der Waals surface area (Å²) in [5.41, 5.74) is 0. The fourth-order valence-corrected chi connectivity index (χ4v) is 1.68. The number of ether oxygens (including phenoxy) is 1. The maximum atomic E-state index is 11.6. The van der Waals surface area contributed by atoms with Gasteiger partial charge in [-0.1, -0.05) is 0 Å². The predicted octanol–water partition coefficient (Wildman–Crippen LogP) is -1.09. The highest BCUT2D eigenvalue weighted by Gasteiger charge is 2.29. The smallest absolute Gasteiger partial charge is 0.312 e. The Morgan fingerprint density at radius 3 is 2.71 bits per heavy atom. The van der Waals surface area contributed by atoms with E-state index in [-0.39, 0.29) is 5.91 Å². The highest BCUT2D eigenvalue weighted by Crippen LogP contribution is 2.03. The Morgan fingerprint density at radius 2 is 2.00 bits per heavy atom. The monoisotopic (exact) mass is 243 g/mol. The van der Waals surface area contributed by atoms with Crippen molar-refractivity contribution in [2.75, 3.05) is 53.5 Å². The van der Waals surface area contributed by atoms with E-state index in [0.29, 0.717) is 26.2 Å². The highest BCUT2D eigenvalue weighted by atomic mass is 16.5. The number of amides is 2. The van der Waals surface area contributed by atoms with Gasteiger partial charge in [0.15, 0.2) is 0 Å². The van der Waals surface area contributed by atoms with Crippen molar-refractivity contribution in [3.05, 3.63) is 0 Å². The summed E-state index contributed by atoms with van der Waals surface area (Å²) in [6.07, 6.45) is 0.854. The number of hydrogen-bond acceptors (Lipinski definition) is 4. The van der Waals surface area contributed by atoms with Gasteiger partial charge < -0.3 is 19.9 Å². The Morgan fingerprint density at radius 1 is 1.24 bits per heavy atom. The van der Waals surface area contributed by atoms with Crippen molar-refractivity contribution in [1.82, 2.24) is 15.1 Å². The van der Waals surface area contributed by atoms with Crippen molar-refractivity contribution >= 4 is 11.8 Å². The van der Waals surface area contributed by atoms with Crippen LogP contribution in [0, 0.1) is 0 Å². The van der Waals surface area contributed by atoms with Crippen LogP contribution >= 0.6 is 0 Å². The number of nitrogens with zero attached hydrogens (tertiary/aromatic N) is 2. The fraction of sp³-hybridized carbons (Fsp3) is 0.818. The molecule has 17 heavy (non-hydrogen) atoms. The van der Waals surface area contributed by atoms with E-state index < -0.39 is 5.91 Å². The van der Waals surface area contributed by atoms with Gasteiger partial charge in [-0.05, 0) is 13.0 Å². The normalized spacial score (nSPS) is 16.8. The van der Waals surface area contributed by atoms with Crippen molar-refractivity contribution in [1.29, 1.82) is 0 Å². The molecule has 6 nitrogen and oxygen atoms in total. The minimum Gasteiger partial charge on any atom is -0.383 e. The summed E-state index contributed by atoms with van der Waals surface area (Å²) < 4.78 is 4.90. The Labute approximate surface area is 102 Å². The van der Waals surface area contributed by atoms with E-state index >= 15 is 0 Å². The van der Waals surface area contributed by atoms with Gasteiger partial charge in [0.1, 0.15) is 0 Å². The largest absolute Gasteiger partial charge is 0.383 e. The molecule has 0 atom stereocenters. The maximum Gasteiger partial charge on any atom is 0.312 e. The Balaban J connectivity index is 2.15. The Bertz CT molecular complexity index is 271. The molecule has 0 saturated carbocycles. The number of hydrogen-bond donors (Lipinski definition) is 1. The second-order valence-electron chi connectivity index (χ2n) is 4.12. The van der Waals surface area contributed by atoms with Crippen LogP contribution in [-0.4, -0.2) is 75.1 Å². The van der Waals surface area contributed by atoms with Crippen molar-refractivity contribution < 1.29 is 14.3 Å². The van der Waals surface area contributed by atoms with Crippen LogP contribution in [0.15, 0.2) is 0 Å². The summed E-state index contributed by atoms with van der Waals surface area (Å²) >= 11 is 0. The molecular formula is C11H21N3O3. The van der Waals surface area contributed by atoms with Crippen molar-refractivity contribution in [2.45, 2.75) is 6.42 Å². The van der Waals surface area contributed by atoms with Gasteiger partial charge in [-0.3, -0.25) is 9.59 Å². The third kappa shape index (κ3) is 4.32. The average molecular weight is 243 g/mol. The zero-order valence-corrected chi connectivity index (χ0v) is 10.6. The Hall–Kier alpha value is -1.14. The van der Waals surface area contributed by atoms with Crippen molar-refractivity contribution in [3.63, 3.8) is 0 Å². The lowest BCUT2D eigenvalue weighted by Crippen LogP contribution is -2.53. The van der Waals surface area contributed by atoms with E-state index in [1.54, 1.807) is 19.1 Å². The average Bonchev–Trinajstić information content (AvgIpc) is 2.33. The quantitative estimate of drug-likeness (QED) is 0.456. The third-order valence-corrected chi connectivity index (χ3v) is 2.79. The number of likely N-dealkylation sites (N-methyl/N-ethyl adjacent to an activating group) is 1. The molecule has 0 bridgehead atoms. The number of carbonyl (C=O) groups excluding carboxylic acids is 2. The van der Waals surface area contributed by atoms with Gasteiger partial charge >= 0.3 is 11.8 Å². The minimum absolute atomic E-state index is 0.379. The molecule has 2 amide bonds. The van der Waals surface area contributed by atoms with Crippen LogP contribution in [0.1, 0.15) is 6.42 Å². The second-order valence-corrected chi connectivity index (χ2v) is 4.12. The molecule has 0 aromatic carbocycles. The number of piperazine rings is 1. The van der Waals surface area contributed by atoms with Gasteiger partial charge in [-0.15, -0.1) is 0 Å². The first-order valence-corrected chi connectivity index (χ1v) is 5.91. The second kappa shape index (κ2) is 7.24. The summed E-state index contributed by atoms with van der Waals surface area (Å²) in [7, 11) is 3.32. The standard InChI is InChI=1S/C11H21N3O3/c1-13-7-8-14(11(16)10(13)15)6-3-4-12-5-9-17-2/h12H,3-9H2,1-2H3. The first kappa shape index (κ1) is 13.9. The lowest BCUT2D eigenvalue weighted by atomic mass is 10.3. The topological polar surface area (TPSA) is 61.9 Å². The van der Waals surface area contributed by atoms with E-state index in [1.807, 2.05) is 0 Å². The molecule has 0 radical (unpaired) electrons. The first-order valence-electron chi connectivity index (χ1n) is 5.91. The van der Waals surface area contributed by atoms with E-state index in [9.17, 15) is 9.59 Å². The zero-order chi connectivity index (χ0) is 12.7. The molecule has 1 rings (SSSR count). The van der Waals surface area contributed by atoms with Crippen LogP contribution in [0.3, 0.4) is 0 Å². The fourth-order valence-electron chi connectivity index (χ4n) is 1.68. The molecular weight excluding hydrogens is 222 g/mol. The molecule has 6 heteroatoms. The molecule has 1 saturated heterocycles. The molecule has 1 fully saturated rings. The number of nitrogens with one attached hydrogen (secondary N) is 1. The van der Waals surface area contributed by atoms with E-state index in [2.05, 4.69) is 5.32 Å². The molecule has 0 unspecified atom stereocenters. The number of rotatable bonds is 7. The molecule has 0 aromatic heterocycles. The van der Waals surface area contributed by atoms with Gasteiger partial charge in [0, 0.05) is 40.3 Å². The zero-order valence-electron chi connectivity index (χ0n) is 10.6. The maximum absolute atomic E-state index is 11.6. The van der Waals surface area contributed by atoms with Crippen LogP contribution in [0.2, 0.25) is 0 Å². The van der Waals surface area contributed by atoms with Crippen molar-refractivity contribution in [2.24, 2.45) is 0 Å². The molecule has 98 valence electrons. The predicted molar refractivity (Wildman–Crippen MR) is 63.6 cm³/mol. The number of carbonyl (C=O) groups is 2. The van der Waals surface area contributed by atoms with Crippen LogP contribution in [0.25, 0.3) is 0 Å². The SMILES string of the molecule is COCCNCCCN1CCN(C)C(=O)C1=O. The lowest BCUT2D eigenvalue weighted by molar-refractivity contribution is -0.154. The molecule has 0 aliphatic carbocycles. The lowest BCUT2D eigenvalue weighted by Gasteiger charge is -2.31. The van der Waals surface area contributed by atoms with Gasteiger partial charge in [-0.2, -0.15) is 0 Å². The van der Waals surface area contributed by atoms with Crippen LogP contribution in [-0.2, 0) is 14.3 Å². The molecule has 1 aliphatic rings. The van der Waals surface area contributed by atoms with Crippen LogP contribution < -0.4 is 5.32 Å². The van der Waals surface area contributed by atoms with Gasteiger partial charge in [0.2, 0.25) is 0 Å². The molecule has 1 N–H and O–H groups in total.